The van der Waals surface area contributed by atoms with E-state index >= 15 is 0 Å². The van der Waals surface area contributed by atoms with Crippen LogP contribution in [0.25, 0.3) is 0 Å². The minimum atomic E-state index is 0.731. The molecule has 0 aliphatic heterocycles. The van der Waals surface area contributed by atoms with Crippen LogP contribution in [0.5, 0.6) is 0 Å². The average Bonchev–Trinajstić information content (AvgIpc) is 2.24. The van der Waals surface area contributed by atoms with Crippen molar-refractivity contribution in [1.29, 1.82) is 0 Å². The van der Waals surface area contributed by atoms with Gasteiger partial charge in [0, 0.05) is 4.90 Å². The Morgan fingerprint density at radius 1 is 0.867 bits per heavy atom. The molecule has 2 nitrogen and oxygen atoms in total. The van der Waals surface area contributed by atoms with E-state index in [9.17, 15) is 0 Å². The third-order valence-corrected chi connectivity index (χ3v) is 2.52. The Hall–Kier alpha value is -1.61. The lowest BCUT2D eigenvalue weighted by Gasteiger charge is -2.10. The number of nitrogen functional groups attached to an aromatic ring is 1. The zero-order chi connectivity index (χ0) is 10.7. The number of anilines is 3. The maximum absolute atomic E-state index is 5.83. The number of hydrogen-bond acceptors (Lipinski definition) is 3. The molecule has 0 bridgehead atoms. The third-order valence-electron chi connectivity index (χ3n) is 2.13. The standard InChI is InChI=1S/C12H12N2S/c13-9-5-1-2-6-10(9)14-11-7-3-4-8-12(11)15/h1-8,14-15H,13H2. The van der Waals surface area contributed by atoms with Gasteiger partial charge in [0.15, 0.2) is 0 Å². The molecule has 0 aromatic heterocycles. The van der Waals surface area contributed by atoms with Crippen LogP contribution in [0.15, 0.2) is 53.4 Å². The van der Waals surface area contributed by atoms with Gasteiger partial charge >= 0.3 is 0 Å². The van der Waals surface area contributed by atoms with E-state index in [1.807, 2.05) is 48.5 Å². The van der Waals surface area contributed by atoms with Crippen LogP contribution in [0, 0.1) is 0 Å². The number of benzene rings is 2. The minimum Gasteiger partial charge on any atom is -0.397 e. The molecule has 0 radical (unpaired) electrons. The average molecular weight is 216 g/mol. The highest BCUT2D eigenvalue weighted by Gasteiger charge is 2.00. The molecule has 0 saturated heterocycles. The summed E-state index contributed by atoms with van der Waals surface area (Å²) in [6, 6.07) is 15.5. The van der Waals surface area contributed by atoms with E-state index in [0.29, 0.717) is 0 Å². The first-order valence-corrected chi connectivity index (χ1v) is 5.11. The summed E-state index contributed by atoms with van der Waals surface area (Å²) in [4.78, 5) is 0.903. The van der Waals surface area contributed by atoms with Gasteiger partial charge in [0.05, 0.1) is 17.1 Å². The molecule has 76 valence electrons. The summed E-state index contributed by atoms with van der Waals surface area (Å²) >= 11 is 4.36. The van der Waals surface area contributed by atoms with E-state index in [1.54, 1.807) is 0 Å². The van der Waals surface area contributed by atoms with Crippen molar-refractivity contribution in [2.45, 2.75) is 4.90 Å². The van der Waals surface area contributed by atoms with Crippen LogP contribution >= 0.6 is 12.6 Å². The highest BCUT2D eigenvalue weighted by molar-refractivity contribution is 7.80. The van der Waals surface area contributed by atoms with Gasteiger partial charge in [0.1, 0.15) is 0 Å². The van der Waals surface area contributed by atoms with Crippen LogP contribution in [0.2, 0.25) is 0 Å². The fourth-order valence-electron chi connectivity index (χ4n) is 1.34. The zero-order valence-corrected chi connectivity index (χ0v) is 9.04. The van der Waals surface area contributed by atoms with Crippen molar-refractivity contribution in [3.8, 4) is 0 Å². The number of thiol groups is 1. The molecule has 3 heteroatoms. The van der Waals surface area contributed by atoms with Gasteiger partial charge in [-0.05, 0) is 24.3 Å². The van der Waals surface area contributed by atoms with Crippen LogP contribution in [0.1, 0.15) is 0 Å². The normalized spacial score (nSPS) is 9.93. The number of hydrogen-bond donors (Lipinski definition) is 3. The van der Waals surface area contributed by atoms with Gasteiger partial charge in [-0.3, -0.25) is 0 Å². The predicted molar refractivity (Wildman–Crippen MR) is 67.8 cm³/mol. The second-order valence-electron chi connectivity index (χ2n) is 3.23. The molecule has 0 unspecified atom stereocenters. The van der Waals surface area contributed by atoms with Gasteiger partial charge in [0.25, 0.3) is 0 Å². The molecule has 15 heavy (non-hydrogen) atoms. The van der Waals surface area contributed by atoms with Gasteiger partial charge in [-0.25, -0.2) is 0 Å². The van der Waals surface area contributed by atoms with Gasteiger partial charge in [-0.15, -0.1) is 12.6 Å². The molecular formula is C12H12N2S. The van der Waals surface area contributed by atoms with E-state index in [2.05, 4.69) is 17.9 Å². The Morgan fingerprint density at radius 2 is 1.47 bits per heavy atom. The second-order valence-corrected chi connectivity index (χ2v) is 3.71. The van der Waals surface area contributed by atoms with Crippen molar-refractivity contribution >= 4 is 29.7 Å². The van der Waals surface area contributed by atoms with Crippen molar-refractivity contribution in [3.05, 3.63) is 48.5 Å². The Morgan fingerprint density at radius 3 is 2.13 bits per heavy atom. The van der Waals surface area contributed by atoms with E-state index in [1.165, 1.54) is 0 Å². The molecule has 3 N–H and O–H groups in total. The van der Waals surface area contributed by atoms with Crippen molar-refractivity contribution in [3.63, 3.8) is 0 Å². The molecule has 2 aromatic carbocycles. The molecule has 0 fully saturated rings. The van der Waals surface area contributed by atoms with Crippen molar-refractivity contribution in [1.82, 2.24) is 0 Å². The Labute approximate surface area is 94.5 Å². The summed E-state index contributed by atoms with van der Waals surface area (Å²) in [7, 11) is 0. The highest BCUT2D eigenvalue weighted by Crippen LogP contribution is 2.26. The van der Waals surface area contributed by atoms with Gasteiger partial charge in [-0.2, -0.15) is 0 Å². The third kappa shape index (κ3) is 2.25. The Balaban J connectivity index is 2.30. The number of para-hydroxylation sites is 3. The first-order chi connectivity index (χ1) is 7.27. The number of rotatable bonds is 2. The SMILES string of the molecule is Nc1ccccc1Nc1ccccc1S. The number of nitrogens with two attached hydrogens (primary N) is 1. The Kier molecular flexibility index (Phi) is 2.83. The van der Waals surface area contributed by atoms with Gasteiger partial charge < -0.3 is 11.1 Å². The molecular weight excluding hydrogens is 204 g/mol. The summed E-state index contributed by atoms with van der Waals surface area (Å²) < 4.78 is 0. The molecule has 2 aromatic rings. The lowest BCUT2D eigenvalue weighted by molar-refractivity contribution is 1.42. The summed E-state index contributed by atoms with van der Waals surface area (Å²) in [5, 5.41) is 3.24. The fraction of sp³-hybridized carbons (Fsp3) is 0. The maximum atomic E-state index is 5.83. The lowest BCUT2D eigenvalue weighted by atomic mass is 10.2. The molecule has 0 spiro atoms. The molecule has 0 heterocycles. The predicted octanol–water partition coefficient (Wildman–Crippen LogP) is 3.30. The maximum Gasteiger partial charge on any atom is 0.0618 e. The van der Waals surface area contributed by atoms with E-state index in [0.717, 1.165) is 22.0 Å². The highest BCUT2D eigenvalue weighted by atomic mass is 32.1. The topological polar surface area (TPSA) is 38.0 Å². The van der Waals surface area contributed by atoms with E-state index in [-0.39, 0.29) is 0 Å². The first-order valence-electron chi connectivity index (χ1n) is 4.67. The quantitative estimate of drug-likeness (QED) is 0.532. The van der Waals surface area contributed by atoms with Crippen molar-refractivity contribution in [2.24, 2.45) is 0 Å². The van der Waals surface area contributed by atoms with E-state index < -0.39 is 0 Å². The summed E-state index contributed by atoms with van der Waals surface area (Å²) in [6.07, 6.45) is 0. The van der Waals surface area contributed by atoms with Gasteiger partial charge in [-0.1, -0.05) is 24.3 Å². The smallest absolute Gasteiger partial charge is 0.0618 e. The van der Waals surface area contributed by atoms with Crippen LogP contribution in [-0.4, -0.2) is 0 Å². The second kappa shape index (κ2) is 4.28. The van der Waals surface area contributed by atoms with Crippen LogP contribution < -0.4 is 11.1 Å². The molecule has 0 aliphatic carbocycles. The largest absolute Gasteiger partial charge is 0.397 e. The molecule has 0 saturated carbocycles. The van der Waals surface area contributed by atoms with Gasteiger partial charge in [0.2, 0.25) is 0 Å². The molecule has 0 amide bonds. The van der Waals surface area contributed by atoms with E-state index in [4.69, 9.17) is 5.73 Å². The van der Waals surface area contributed by atoms with Crippen LogP contribution in [0.4, 0.5) is 17.1 Å². The molecule has 0 atom stereocenters. The summed E-state index contributed by atoms with van der Waals surface area (Å²) in [5.74, 6) is 0. The number of nitrogens with one attached hydrogen (secondary N) is 1. The van der Waals surface area contributed by atoms with Crippen molar-refractivity contribution in [2.75, 3.05) is 11.1 Å². The molecule has 0 aliphatic rings. The lowest BCUT2D eigenvalue weighted by Crippen LogP contribution is -1.96. The summed E-state index contributed by atoms with van der Waals surface area (Å²) in [6.45, 7) is 0. The molecule has 2 rings (SSSR count). The Bertz CT molecular complexity index is 425. The zero-order valence-electron chi connectivity index (χ0n) is 8.14. The minimum absolute atomic E-state index is 0.731. The van der Waals surface area contributed by atoms with Crippen molar-refractivity contribution < 1.29 is 0 Å². The monoisotopic (exact) mass is 216 g/mol. The summed E-state index contributed by atoms with van der Waals surface area (Å²) in [5.41, 5.74) is 8.42. The van der Waals surface area contributed by atoms with Crippen LogP contribution in [-0.2, 0) is 0 Å². The fourth-order valence-corrected chi connectivity index (χ4v) is 1.55. The first kappa shape index (κ1) is 9.93. The van der Waals surface area contributed by atoms with Crippen LogP contribution in [0.3, 0.4) is 0 Å².